The molecule has 0 saturated carbocycles. The van der Waals surface area contributed by atoms with Gasteiger partial charge < -0.3 is 17.3 Å². The van der Waals surface area contributed by atoms with Crippen LogP contribution < -0.4 is 0 Å². The molecule has 2 nitrogen and oxygen atoms in total. The fourth-order valence-corrected chi connectivity index (χ4v) is 0. The van der Waals surface area contributed by atoms with Crippen LogP contribution in [0.5, 0.6) is 0 Å². The molecule has 0 unspecified atom stereocenters. The van der Waals surface area contributed by atoms with Crippen molar-refractivity contribution in [2.45, 2.75) is 0 Å². The van der Waals surface area contributed by atoms with Gasteiger partial charge in [-0.3, -0.25) is 0 Å². The van der Waals surface area contributed by atoms with Gasteiger partial charge in [-0.15, -0.1) is 0 Å². The van der Waals surface area contributed by atoms with Crippen molar-refractivity contribution in [3.8, 4) is 0 Å². The van der Waals surface area contributed by atoms with E-state index in [9.17, 15) is 0 Å². The number of rotatable bonds is 0. The molecule has 0 aliphatic rings. The maximum atomic E-state index is 8.24. The molecule has 1 N–H and O–H groups in total. The van der Waals surface area contributed by atoms with E-state index in [2.05, 4.69) is 0 Å². The molecule has 0 aliphatic carbocycles. The number of hydrogen-bond donors (Lipinski definition) is 1. The summed E-state index contributed by atoms with van der Waals surface area (Å²) in [5.41, 5.74) is 0. The first-order valence-electron chi connectivity index (χ1n) is 0.428. The third-order valence-corrected chi connectivity index (χ3v) is 0. The fraction of sp³-hybridized carbons (Fsp3) is 0. The summed E-state index contributed by atoms with van der Waals surface area (Å²) in [6, 6.07) is 0. The predicted octanol–water partition coefficient (Wildman–Crippen LogP) is 0.0569. The fourth-order valence-electron chi connectivity index (χ4n) is 0. The van der Waals surface area contributed by atoms with Gasteiger partial charge in [0.1, 0.15) is 0 Å². The van der Waals surface area contributed by atoms with E-state index in [-0.39, 0.29) is 47.0 Å². The van der Waals surface area contributed by atoms with Gasteiger partial charge in [0.05, 0.1) is 0 Å². The van der Waals surface area contributed by atoms with Crippen LogP contribution in [0.1, 0.15) is 0 Å². The zero-order chi connectivity index (χ0) is 2.71. The number of hydrogen-bond acceptors (Lipinski definition) is 1. The Kier molecular flexibility index (Phi) is 210. The maximum Gasteiger partial charge on any atom is 2.00 e. The Bertz CT molecular complexity index is 19.0. The average molecular weight is 295 g/mol. The van der Waals surface area contributed by atoms with Crippen molar-refractivity contribution in [1.82, 2.24) is 0 Å². The Balaban J connectivity index is -0.00000000667. The minimum atomic E-state index is 0. The van der Waals surface area contributed by atoms with Crippen LogP contribution in [0.2, 0.25) is 0 Å². The minimum Gasteiger partial charge on any atom is -0.665 e. The van der Waals surface area contributed by atoms with Crippen molar-refractivity contribution in [3.05, 3.63) is 7.43 Å². The molecule has 0 bridgehead atoms. The van der Waals surface area contributed by atoms with E-state index in [1.807, 2.05) is 0 Å². The van der Waals surface area contributed by atoms with Crippen LogP contribution in [-0.2, 0) is 44.4 Å². The molecule has 6 heavy (non-hydrogen) atoms. The Morgan fingerprint density at radius 1 is 1.50 bits per heavy atom. The van der Waals surface area contributed by atoms with Crippen LogP contribution in [0.25, 0.3) is 0 Å². The van der Waals surface area contributed by atoms with Gasteiger partial charge in [0.15, 0.2) is 0 Å². The second-order valence-electron chi connectivity index (χ2n) is 0.0913. The van der Waals surface area contributed by atoms with Gasteiger partial charge in [0.25, 0.3) is 0 Å². The van der Waals surface area contributed by atoms with Crippen LogP contribution in [0.3, 0.4) is 0 Å². The van der Waals surface area contributed by atoms with Gasteiger partial charge in [-0.25, -0.2) is 0 Å². The van der Waals surface area contributed by atoms with Crippen molar-refractivity contribution in [3.63, 3.8) is 0 Å². The van der Waals surface area contributed by atoms with Gasteiger partial charge in [-0.05, 0) is 0 Å². The van der Waals surface area contributed by atoms with Crippen LogP contribution in [0, 0.1) is 7.43 Å². The largest absolute Gasteiger partial charge is 2.00 e. The Hall–Kier alpha value is 0.743. The first-order chi connectivity index (χ1) is 1.41. The van der Waals surface area contributed by atoms with Gasteiger partial charge in [-0.1, -0.05) is 6.47 Å². The summed E-state index contributed by atoms with van der Waals surface area (Å²) in [5, 5.41) is 6.76. The summed E-state index contributed by atoms with van der Waals surface area (Å²) < 4.78 is 0. The van der Waals surface area contributed by atoms with Crippen LogP contribution >= 0.6 is 0 Å². The molecule has 0 aromatic heterocycles. The molecule has 0 aliphatic heterocycles. The third-order valence-electron chi connectivity index (χ3n) is 0. The quantitative estimate of drug-likeness (QED) is 0.642. The second-order valence-corrected chi connectivity index (χ2v) is 0.0913. The molecule has 0 saturated heterocycles. The molecular weight excluding hydrogens is 291 g/mol. The molecule has 35 valence electrons. The van der Waals surface area contributed by atoms with E-state index in [4.69, 9.17) is 9.90 Å². The Morgan fingerprint density at radius 2 is 1.50 bits per heavy atom. The molecular formula is C2H4O2VW. The first kappa shape index (κ1) is 29.6. The van der Waals surface area contributed by atoms with Crippen molar-refractivity contribution in [1.29, 1.82) is 0 Å². The third kappa shape index (κ3) is 120. The monoisotopic (exact) mass is 295 g/mol. The van der Waals surface area contributed by atoms with Gasteiger partial charge in [0.2, 0.25) is 0 Å². The summed E-state index contributed by atoms with van der Waals surface area (Å²) in [4.78, 5) is 8.24. The van der Waals surface area contributed by atoms with E-state index in [0.29, 0.717) is 6.47 Å². The predicted molar refractivity (Wildman–Crippen MR) is 14.7 cm³/mol. The van der Waals surface area contributed by atoms with E-state index in [1.165, 1.54) is 0 Å². The van der Waals surface area contributed by atoms with Crippen LogP contribution in [0.15, 0.2) is 0 Å². The van der Waals surface area contributed by atoms with E-state index in [0.717, 1.165) is 0 Å². The summed E-state index contributed by atoms with van der Waals surface area (Å²) in [6.45, 7) is 0.500. The van der Waals surface area contributed by atoms with Gasteiger partial charge in [-0.2, -0.15) is 0 Å². The molecule has 0 spiro atoms. The second kappa shape index (κ2) is 42.5. The molecule has 4 heteroatoms. The molecule has 0 aromatic carbocycles. The van der Waals surface area contributed by atoms with E-state index >= 15 is 0 Å². The average Bonchev–Trinajstić information content (AvgIpc) is 0.918. The van der Waals surface area contributed by atoms with Crippen molar-refractivity contribution >= 4 is 6.47 Å². The van der Waals surface area contributed by atoms with Gasteiger partial charge in [0, 0.05) is 18.6 Å². The SMILES string of the molecule is O=[C-]O.[CH3-].[V].[W+2]. The molecule has 1 radical (unpaired) electrons. The van der Waals surface area contributed by atoms with Gasteiger partial charge >= 0.3 is 21.1 Å². The summed E-state index contributed by atoms with van der Waals surface area (Å²) in [5.74, 6) is 0. The molecule has 0 atom stereocenters. The molecule has 0 rings (SSSR count). The summed E-state index contributed by atoms with van der Waals surface area (Å²) >= 11 is 0. The summed E-state index contributed by atoms with van der Waals surface area (Å²) in [7, 11) is 0. The van der Waals surface area contributed by atoms with E-state index in [1.54, 1.807) is 0 Å². The molecule has 0 fully saturated rings. The Morgan fingerprint density at radius 3 is 1.50 bits per heavy atom. The molecule has 0 amide bonds. The standard InChI is InChI=1S/CHO2.CH3.V.W/c2-1-3;;;/h(H,2,3);1H3;;/q2*-1;;+2. The zero-order valence-corrected chi connectivity index (χ0v) is 7.54. The maximum absolute atomic E-state index is 8.24. The van der Waals surface area contributed by atoms with Crippen molar-refractivity contribution in [2.24, 2.45) is 0 Å². The number of aliphatic hydroxyl groups excluding tert-OH is 1. The first-order valence-corrected chi connectivity index (χ1v) is 0.428. The van der Waals surface area contributed by atoms with Crippen molar-refractivity contribution < 1.29 is 49.5 Å². The van der Waals surface area contributed by atoms with Crippen LogP contribution in [-0.4, -0.2) is 11.6 Å². The van der Waals surface area contributed by atoms with Crippen molar-refractivity contribution in [2.75, 3.05) is 0 Å². The van der Waals surface area contributed by atoms with Crippen LogP contribution in [0.4, 0.5) is 0 Å². The Labute approximate surface area is 63.5 Å². The minimum absolute atomic E-state index is 0. The topological polar surface area (TPSA) is 37.3 Å². The summed E-state index contributed by atoms with van der Waals surface area (Å²) in [6.07, 6.45) is 0. The smallest absolute Gasteiger partial charge is 0.665 e. The molecule has 0 heterocycles. The zero-order valence-electron chi connectivity index (χ0n) is 3.21. The normalized spacial score (nSPS) is 2.00. The molecule has 0 aromatic rings. The van der Waals surface area contributed by atoms with E-state index < -0.39 is 0 Å².